The van der Waals surface area contributed by atoms with E-state index in [2.05, 4.69) is 15.3 Å². The summed E-state index contributed by atoms with van der Waals surface area (Å²) < 4.78 is 24.0. The van der Waals surface area contributed by atoms with Gasteiger partial charge in [-0.15, -0.1) is 0 Å². The second-order valence-corrected chi connectivity index (χ2v) is 4.78. The molecule has 2 heterocycles. The van der Waals surface area contributed by atoms with E-state index in [1.165, 1.54) is 24.5 Å². The number of carbonyl (C=O) groups is 1. The fraction of sp³-hybridized carbons (Fsp3) is 0.267. The Morgan fingerprint density at radius 1 is 1.32 bits per heavy atom. The summed E-state index contributed by atoms with van der Waals surface area (Å²) in [5.41, 5.74) is 0.432. The average Bonchev–Trinajstić information content (AvgIpc) is 3.06. The van der Waals surface area contributed by atoms with E-state index in [0.717, 1.165) is 6.42 Å². The maximum Gasteiger partial charge on any atom is 0.322 e. The molecule has 114 valence electrons. The lowest BCUT2D eigenvalue weighted by Gasteiger charge is -2.10. The first kappa shape index (κ1) is 14.4. The summed E-state index contributed by atoms with van der Waals surface area (Å²) in [4.78, 5) is 19.7. The second-order valence-electron chi connectivity index (χ2n) is 4.78. The number of para-hydroxylation sites is 1. The van der Waals surface area contributed by atoms with Crippen molar-refractivity contribution in [3.8, 4) is 11.8 Å². The van der Waals surface area contributed by atoms with Gasteiger partial charge in [-0.2, -0.15) is 0 Å². The molecule has 1 saturated heterocycles. The second kappa shape index (κ2) is 6.48. The number of nitrogens with zero attached hydrogens (tertiary/aromatic N) is 2. The normalized spacial score (nSPS) is 17.2. The van der Waals surface area contributed by atoms with Gasteiger partial charge in [0.15, 0.2) is 11.6 Å². The molecule has 7 heteroatoms. The van der Waals surface area contributed by atoms with Gasteiger partial charge in [0.1, 0.15) is 6.10 Å². The fourth-order valence-electron chi connectivity index (χ4n) is 2.07. The molecule has 2 aromatic rings. The van der Waals surface area contributed by atoms with Gasteiger partial charge in [-0.25, -0.2) is 14.4 Å². The van der Waals surface area contributed by atoms with Crippen LogP contribution in [0, 0.1) is 5.82 Å². The standard InChI is InChI=1S/C15H14FN3O3/c16-11-4-1-2-5-12(11)22-15-17-8-10(9-18-15)19-14(20)13-6-3-7-21-13/h1-2,4-5,8-9,13H,3,6-7H2,(H,19,20)/t13-/m1/s1. The summed E-state index contributed by atoms with van der Waals surface area (Å²) in [6.45, 7) is 0.601. The smallest absolute Gasteiger partial charge is 0.322 e. The van der Waals surface area contributed by atoms with Crippen molar-refractivity contribution in [2.75, 3.05) is 11.9 Å². The summed E-state index contributed by atoms with van der Waals surface area (Å²) in [6.07, 6.45) is 3.96. The molecule has 1 fully saturated rings. The van der Waals surface area contributed by atoms with Crippen LogP contribution in [0.5, 0.6) is 11.8 Å². The minimum absolute atomic E-state index is 0.000199. The Balaban J connectivity index is 1.63. The molecule has 0 radical (unpaired) electrons. The van der Waals surface area contributed by atoms with E-state index in [9.17, 15) is 9.18 Å². The summed E-state index contributed by atoms with van der Waals surface area (Å²) in [5, 5.41) is 2.67. The van der Waals surface area contributed by atoms with Gasteiger partial charge in [0.05, 0.1) is 18.1 Å². The first-order valence-electron chi connectivity index (χ1n) is 6.89. The number of nitrogens with one attached hydrogen (secondary N) is 1. The molecule has 0 unspecified atom stereocenters. The molecule has 3 rings (SSSR count). The summed E-state index contributed by atoms with van der Waals surface area (Å²) in [6, 6.07) is 5.97. The van der Waals surface area contributed by atoms with Crippen molar-refractivity contribution in [3.63, 3.8) is 0 Å². The summed E-state index contributed by atoms with van der Waals surface area (Å²) in [5.74, 6) is -0.677. The van der Waals surface area contributed by atoms with Crippen LogP contribution in [0.2, 0.25) is 0 Å². The van der Waals surface area contributed by atoms with Crippen molar-refractivity contribution in [2.45, 2.75) is 18.9 Å². The number of benzene rings is 1. The molecule has 1 N–H and O–H groups in total. The lowest BCUT2D eigenvalue weighted by molar-refractivity contribution is -0.124. The monoisotopic (exact) mass is 303 g/mol. The number of aromatic nitrogens is 2. The van der Waals surface area contributed by atoms with Gasteiger partial charge in [0.25, 0.3) is 5.91 Å². The van der Waals surface area contributed by atoms with Crippen LogP contribution in [0.1, 0.15) is 12.8 Å². The van der Waals surface area contributed by atoms with E-state index in [-0.39, 0.29) is 17.7 Å². The highest BCUT2D eigenvalue weighted by Gasteiger charge is 2.23. The van der Waals surface area contributed by atoms with Gasteiger partial charge in [0, 0.05) is 6.61 Å². The Labute approximate surface area is 126 Å². The number of anilines is 1. The minimum Gasteiger partial charge on any atom is -0.421 e. The maximum absolute atomic E-state index is 13.4. The van der Waals surface area contributed by atoms with Gasteiger partial charge < -0.3 is 14.8 Å². The number of hydrogen-bond donors (Lipinski definition) is 1. The molecule has 0 aliphatic carbocycles. The van der Waals surface area contributed by atoms with Crippen LogP contribution in [0.25, 0.3) is 0 Å². The first-order valence-corrected chi connectivity index (χ1v) is 6.89. The Bertz CT molecular complexity index is 657. The Morgan fingerprint density at radius 3 is 2.77 bits per heavy atom. The van der Waals surface area contributed by atoms with Gasteiger partial charge >= 0.3 is 6.01 Å². The largest absolute Gasteiger partial charge is 0.421 e. The van der Waals surface area contributed by atoms with E-state index in [4.69, 9.17) is 9.47 Å². The average molecular weight is 303 g/mol. The zero-order valence-corrected chi connectivity index (χ0v) is 11.7. The minimum atomic E-state index is -0.498. The van der Waals surface area contributed by atoms with Crippen LogP contribution < -0.4 is 10.1 Å². The zero-order chi connectivity index (χ0) is 15.4. The fourth-order valence-corrected chi connectivity index (χ4v) is 2.07. The van der Waals surface area contributed by atoms with Crippen molar-refractivity contribution in [3.05, 3.63) is 42.5 Å². The molecule has 1 aromatic heterocycles. The van der Waals surface area contributed by atoms with Crippen LogP contribution in [-0.2, 0) is 9.53 Å². The topological polar surface area (TPSA) is 73.3 Å². The lowest BCUT2D eigenvalue weighted by Crippen LogP contribution is -2.26. The van der Waals surface area contributed by atoms with Crippen molar-refractivity contribution >= 4 is 11.6 Å². The van der Waals surface area contributed by atoms with Crippen LogP contribution in [0.4, 0.5) is 10.1 Å². The number of amides is 1. The van der Waals surface area contributed by atoms with Crippen molar-refractivity contribution in [1.82, 2.24) is 9.97 Å². The Morgan fingerprint density at radius 2 is 2.09 bits per heavy atom. The third kappa shape index (κ3) is 3.37. The molecule has 0 spiro atoms. The number of halogens is 1. The van der Waals surface area contributed by atoms with Gasteiger partial charge in [-0.05, 0) is 25.0 Å². The molecule has 1 aliphatic rings. The summed E-state index contributed by atoms with van der Waals surface area (Å²) in [7, 11) is 0. The van der Waals surface area contributed by atoms with E-state index in [0.29, 0.717) is 18.7 Å². The quantitative estimate of drug-likeness (QED) is 0.939. The molecule has 0 saturated carbocycles. The number of hydrogen-bond acceptors (Lipinski definition) is 5. The van der Waals surface area contributed by atoms with Crippen molar-refractivity contribution in [1.29, 1.82) is 0 Å². The molecule has 1 atom stereocenters. The molecule has 6 nitrogen and oxygen atoms in total. The van der Waals surface area contributed by atoms with Crippen LogP contribution in [-0.4, -0.2) is 28.6 Å². The molecular formula is C15H14FN3O3. The Hall–Kier alpha value is -2.54. The number of carbonyl (C=O) groups excluding carboxylic acids is 1. The van der Waals surface area contributed by atoms with E-state index in [1.807, 2.05) is 0 Å². The molecule has 1 aliphatic heterocycles. The van der Waals surface area contributed by atoms with E-state index >= 15 is 0 Å². The molecular weight excluding hydrogens is 289 g/mol. The molecule has 1 amide bonds. The van der Waals surface area contributed by atoms with E-state index in [1.54, 1.807) is 12.1 Å². The highest BCUT2D eigenvalue weighted by atomic mass is 19.1. The number of rotatable bonds is 4. The Kier molecular flexibility index (Phi) is 4.24. The highest BCUT2D eigenvalue weighted by molar-refractivity contribution is 5.94. The van der Waals surface area contributed by atoms with Crippen LogP contribution >= 0.6 is 0 Å². The van der Waals surface area contributed by atoms with Crippen molar-refractivity contribution in [2.24, 2.45) is 0 Å². The highest BCUT2D eigenvalue weighted by Crippen LogP contribution is 2.21. The molecule has 22 heavy (non-hydrogen) atoms. The van der Waals surface area contributed by atoms with Crippen molar-refractivity contribution < 1.29 is 18.7 Å². The SMILES string of the molecule is O=C(Nc1cnc(Oc2ccccc2F)nc1)[C@H]1CCCO1. The predicted octanol–water partition coefficient (Wildman–Crippen LogP) is 2.53. The van der Waals surface area contributed by atoms with E-state index < -0.39 is 11.9 Å². The lowest BCUT2D eigenvalue weighted by atomic mass is 10.2. The zero-order valence-electron chi connectivity index (χ0n) is 11.7. The predicted molar refractivity (Wildman–Crippen MR) is 76.1 cm³/mol. The van der Waals surface area contributed by atoms with Gasteiger partial charge in [-0.1, -0.05) is 12.1 Å². The van der Waals surface area contributed by atoms with Crippen LogP contribution in [0.3, 0.4) is 0 Å². The third-order valence-corrected chi connectivity index (χ3v) is 3.16. The van der Waals surface area contributed by atoms with Gasteiger partial charge in [-0.3, -0.25) is 4.79 Å². The summed E-state index contributed by atoms with van der Waals surface area (Å²) >= 11 is 0. The molecule has 0 bridgehead atoms. The maximum atomic E-state index is 13.4. The van der Waals surface area contributed by atoms with Crippen LogP contribution in [0.15, 0.2) is 36.7 Å². The van der Waals surface area contributed by atoms with Gasteiger partial charge in [0.2, 0.25) is 0 Å². The first-order chi connectivity index (χ1) is 10.7. The molecule has 1 aromatic carbocycles. The third-order valence-electron chi connectivity index (χ3n) is 3.16. The number of ether oxygens (including phenoxy) is 2.